The zero-order valence-electron chi connectivity index (χ0n) is 19.0. The summed E-state index contributed by atoms with van der Waals surface area (Å²) < 4.78 is 6.94. The number of benzene rings is 3. The van der Waals surface area contributed by atoms with E-state index in [1.54, 1.807) is 36.1 Å². The summed E-state index contributed by atoms with van der Waals surface area (Å²) in [7, 11) is 1.57. The molecule has 2 atom stereocenters. The lowest BCUT2D eigenvalue weighted by Crippen LogP contribution is -2.42. The molecule has 0 unspecified atom stereocenters. The molecule has 3 aromatic carbocycles. The van der Waals surface area contributed by atoms with Crippen molar-refractivity contribution in [1.82, 2.24) is 10.7 Å². The number of carbonyl (C=O) groups excluding carboxylic acids is 2. The summed E-state index contributed by atoms with van der Waals surface area (Å²) in [6, 6.07) is 23.6. The van der Waals surface area contributed by atoms with Gasteiger partial charge in [0.05, 0.1) is 7.11 Å². The van der Waals surface area contributed by atoms with Crippen molar-refractivity contribution in [1.29, 1.82) is 0 Å². The average Bonchev–Trinajstić information content (AvgIpc) is 3.14. The second kappa shape index (κ2) is 9.69. The number of hydrogen-bond acceptors (Lipinski definition) is 3. The predicted molar refractivity (Wildman–Crippen MR) is 128 cm³/mol. The molecule has 1 fully saturated rings. The van der Waals surface area contributed by atoms with Crippen LogP contribution in [0.1, 0.15) is 52.9 Å². The van der Waals surface area contributed by atoms with E-state index in [0.717, 1.165) is 11.1 Å². The van der Waals surface area contributed by atoms with E-state index < -0.39 is 12.1 Å². The molecule has 0 aliphatic carbocycles. The lowest BCUT2D eigenvalue weighted by molar-refractivity contribution is -0.596. The minimum Gasteiger partial charge on any atom is -0.497 e. The fraction of sp³-hybridized carbons (Fsp3) is 0.222. The van der Waals surface area contributed by atoms with Gasteiger partial charge in [0.25, 0.3) is 5.91 Å². The van der Waals surface area contributed by atoms with E-state index in [2.05, 4.69) is 36.7 Å². The smallest absolute Gasteiger partial charge is 0.304 e. The first kappa shape index (κ1) is 22.3. The molecule has 33 heavy (non-hydrogen) atoms. The molecule has 2 N–H and O–H groups in total. The third kappa shape index (κ3) is 4.95. The Morgan fingerprint density at radius 2 is 1.67 bits per heavy atom. The van der Waals surface area contributed by atoms with E-state index in [-0.39, 0.29) is 11.8 Å². The van der Waals surface area contributed by atoms with Crippen molar-refractivity contribution in [3.8, 4) is 5.75 Å². The van der Waals surface area contributed by atoms with Gasteiger partial charge in [-0.15, -0.1) is 10.1 Å². The third-order valence-electron chi connectivity index (χ3n) is 5.81. The number of hydrazine groups is 1. The predicted octanol–water partition coefficient (Wildman–Crippen LogP) is 3.83. The van der Waals surface area contributed by atoms with E-state index in [9.17, 15) is 9.59 Å². The highest BCUT2D eigenvalue weighted by atomic mass is 16.5. The number of nitrogens with one attached hydrogen (secondary N) is 2. The van der Waals surface area contributed by atoms with Gasteiger partial charge in [0.1, 0.15) is 5.75 Å². The first-order valence-corrected chi connectivity index (χ1v) is 11.0. The molecule has 1 aliphatic heterocycles. The maximum absolute atomic E-state index is 13.0. The van der Waals surface area contributed by atoms with Gasteiger partial charge in [-0.3, -0.25) is 9.59 Å². The van der Waals surface area contributed by atoms with Crippen LogP contribution in [-0.4, -0.2) is 35.9 Å². The molecule has 0 aromatic heterocycles. The molecular weight excluding hydrogens is 414 g/mol. The molecular formula is C27H28N3O3+. The van der Waals surface area contributed by atoms with Crippen LogP contribution < -0.4 is 15.5 Å². The van der Waals surface area contributed by atoms with Crippen LogP contribution in [0.25, 0.3) is 0 Å². The summed E-state index contributed by atoms with van der Waals surface area (Å²) in [5, 5.41) is 2.92. The minimum absolute atomic E-state index is 0.263. The zero-order chi connectivity index (χ0) is 23.4. The van der Waals surface area contributed by atoms with E-state index in [1.165, 1.54) is 5.56 Å². The summed E-state index contributed by atoms with van der Waals surface area (Å²) in [4.78, 5) is 25.9. The van der Waals surface area contributed by atoms with Crippen LogP contribution in [0.5, 0.6) is 5.75 Å². The third-order valence-corrected chi connectivity index (χ3v) is 5.81. The Morgan fingerprint density at radius 1 is 1.00 bits per heavy atom. The van der Waals surface area contributed by atoms with Crippen molar-refractivity contribution in [2.24, 2.45) is 0 Å². The highest BCUT2D eigenvalue weighted by Crippen LogP contribution is 2.26. The highest BCUT2D eigenvalue weighted by Gasteiger charge is 2.47. The van der Waals surface area contributed by atoms with E-state index in [1.807, 2.05) is 48.7 Å². The van der Waals surface area contributed by atoms with Crippen LogP contribution in [-0.2, 0) is 4.79 Å². The van der Waals surface area contributed by atoms with Crippen LogP contribution in [0.15, 0.2) is 78.9 Å². The Hall–Kier alpha value is -3.93. The Labute approximate surface area is 193 Å². The minimum atomic E-state index is -0.756. The van der Waals surface area contributed by atoms with Crippen LogP contribution in [0.4, 0.5) is 0 Å². The van der Waals surface area contributed by atoms with Crippen LogP contribution in [0.2, 0.25) is 0 Å². The molecule has 1 aliphatic rings. The number of carbonyl (C=O) groups is 2. The molecule has 0 bridgehead atoms. The van der Waals surface area contributed by atoms with E-state index in [4.69, 9.17) is 4.74 Å². The van der Waals surface area contributed by atoms with Crippen LogP contribution >= 0.6 is 0 Å². The van der Waals surface area contributed by atoms with Crippen molar-refractivity contribution in [3.63, 3.8) is 0 Å². The second-order valence-corrected chi connectivity index (χ2v) is 8.37. The van der Waals surface area contributed by atoms with E-state index in [0.29, 0.717) is 17.2 Å². The van der Waals surface area contributed by atoms with Gasteiger partial charge in [-0.25, -0.2) is 0 Å². The molecule has 1 heterocycles. The summed E-state index contributed by atoms with van der Waals surface area (Å²) in [6.45, 7) is 4.31. The maximum atomic E-state index is 13.0. The Morgan fingerprint density at radius 3 is 2.27 bits per heavy atom. The Kier molecular flexibility index (Phi) is 6.54. The standard InChI is InChI=1S/C27H27N3O3/c1-18(2)20-11-9-19(10-12-20)17-30-25(21-7-5-4-6-8-21)24(27(32)29-30)28-26(31)22-13-15-23(33-3)16-14-22/h4-18,24-25H,1-3H3,(H-,28,29,31,32)/p+1/b30-17-/t24-,25+/m0/s1. The normalized spacial score (nSPS) is 18.9. The van der Waals surface area contributed by atoms with Gasteiger partial charge in [-0.05, 0) is 47.9 Å². The number of ether oxygens (including phenoxy) is 1. The largest absolute Gasteiger partial charge is 0.497 e. The second-order valence-electron chi connectivity index (χ2n) is 8.37. The fourth-order valence-corrected chi connectivity index (χ4v) is 3.93. The number of methoxy groups -OCH3 is 1. The first-order valence-electron chi connectivity index (χ1n) is 11.0. The van der Waals surface area contributed by atoms with Gasteiger partial charge < -0.3 is 10.1 Å². The quantitative estimate of drug-likeness (QED) is 0.570. The number of hydrazone groups is 1. The van der Waals surface area contributed by atoms with E-state index >= 15 is 0 Å². The highest BCUT2D eigenvalue weighted by molar-refractivity contribution is 5.98. The number of nitrogens with zero attached hydrogens (tertiary/aromatic N) is 1. The molecule has 6 heteroatoms. The van der Waals surface area contributed by atoms with Gasteiger partial charge in [0.15, 0.2) is 6.04 Å². The summed E-state index contributed by atoms with van der Waals surface area (Å²) in [6.07, 6.45) is 1.90. The van der Waals surface area contributed by atoms with Crippen LogP contribution in [0.3, 0.4) is 0 Å². The van der Waals surface area contributed by atoms with Crippen LogP contribution in [0, 0.1) is 0 Å². The van der Waals surface area contributed by atoms with Gasteiger partial charge in [0.2, 0.25) is 12.3 Å². The Bertz CT molecular complexity index is 1150. The first-order chi connectivity index (χ1) is 16.0. The number of amides is 2. The number of hydrogen-bond donors (Lipinski definition) is 2. The topological polar surface area (TPSA) is 70.4 Å². The van der Waals surface area contributed by atoms with Crippen molar-refractivity contribution in [2.45, 2.75) is 31.8 Å². The van der Waals surface area contributed by atoms with Crippen molar-refractivity contribution < 1.29 is 19.0 Å². The van der Waals surface area contributed by atoms with Crippen molar-refractivity contribution >= 4 is 18.0 Å². The molecule has 2 amide bonds. The summed E-state index contributed by atoms with van der Waals surface area (Å²) >= 11 is 0. The SMILES string of the molecule is COc1ccc(C(=O)N[C@@H]2C(=O)N/[N+](=C\c3ccc(C(C)C)cc3)[C@@H]2c2ccccc2)cc1. The molecule has 0 radical (unpaired) electrons. The van der Waals surface area contributed by atoms with Gasteiger partial charge in [0, 0.05) is 16.7 Å². The van der Waals surface area contributed by atoms with Gasteiger partial charge in [-0.2, -0.15) is 0 Å². The monoisotopic (exact) mass is 442 g/mol. The lowest BCUT2D eigenvalue weighted by Gasteiger charge is -2.15. The molecule has 168 valence electrons. The Balaban J connectivity index is 1.64. The summed E-state index contributed by atoms with van der Waals surface area (Å²) in [5.74, 6) is 0.527. The molecule has 3 aromatic rings. The van der Waals surface area contributed by atoms with Gasteiger partial charge >= 0.3 is 5.91 Å². The molecule has 6 nitrogen and oxygen atoms in total. The van der Waals surface area contributed by atoms with Crippen molar-refractivity contribution in [3.05, 3.63) is 101 Å². The molecule has 0 saturated carbocycles. The zero-order valence-corrected chi connectivity index (χ0v) is 19.0. The van der Waals surface area contributed by atoms with Gasteiger partial charge in [-0.1, -0.05) is 56.3 Å². The summed E-state index contributed by atoms with van der Waals surface area (Å²) in [5.41, 5.74) is 6.51. The average molecular weight is 443 g/mol. The number of rotatable bonds is 6. The lowest BCUT2D eigenvalue weighted by atomic mass is 9.99. The molecule has 1 saturated heterocycles. The van der Waals surface area contributed by atoms with Crippen molar-refractivity contribution in [2.75, 3.05) is 7.11 Å². The molecule has 4 rings (SSSR count). The maximum Gasteiger partial charge on any atom is 0.304 e. The fourth-order valence-electron chi connectivity index (χ4n) is 3.93. The molecule has 0 spiro atoms.